The highest BCUT2D eigenvalue weighted by molar-refractivity contribution is 6.15. The normalized spacial score (nSPS) is 19.9. The Morgan fingerprint density at radius 2 is 2.00 bits per heavy atom. The first-order chi connectivity index (χ1) is 15.9. The lowest BCUT2D eigenvalue weighted by atomic mass is 10.1. The van der Waals surface area contributed by atoms with Crippen LogP contribution in [-0.2, 0) is 4.74 Å². The Labute approximate surface area is 193 Å². The van der Waals surface area contributed by atoms with Crippen LogP contribution in [0.2, 0.25) is 0 Å². The number of amidine groups is 1. The van der Waals surface area contributed by atoms with Crippen molar-refractivity contribution < 1.29 is 31.9 Å². The molecule has 3 rings (SSSR count). The number of primary amides is 1. The molecule has 1 aromatic carbocycles. The molecule has 184 valence electrons. The SMILES string of the molecule is C=C(/N=C1\C(=C/C)N(CC(F)(F)F)C(=O)N1C1CCOCC1)Nc1cc(F)c(C(N)=O)cc1C. The van der Waals surface area contributed by atoms with Crippen molar-refractivity contribution in [2.24, 2.45) is 10.7 Å². The second kappa shape index (κ2) is 9.84. The van der Waals surface area contributed by atoms with E-state index >= 15 is 0 Å². The van der Waals surface area contributed by atoms with E-state index in [0.29, 0.717) is 36.5 Å². The van der Waals surface area contributed by atoms with Gasteiger partial charge in [0.15, 0.2) is 5.84 Å². The predicted octanol–water partition coefficient (Wildman–Crippen LogP) is 3.90. The maximum atomic E-state index is 14.2. The summed E-state index contributed by atoms with van der Waals surface area (Å²) in [7, 11) is 0. The molecule has 0 spiro atoms. The van der Waals surface area contributed by atoms with Gasteiger partial charge in [-0.15, -0.1) is 0 Å². The fourth-order valence-corrected chi connectivity index (χ4v) is 3.88. The number of amides is 3. The van der Waals surface area contributed by atoms with Crippen molar-refractivity contribution in [2.75, 3.05) is 25.1 Å². The Hall–Kier alpha value is -3.41. The van der Waals surface area contributed by atoms with Crippen molar-refractivity contribution in [3.8, 4) is 0 Å². The number of urea groups is 1. The van der Waals surface area contributed by atoms with Gasteiger partial charge in [0.25, 0.3) is 5.91 Å². The minimum Gasteiger partial charge on any atom is -0.381 e. The summed E-state index contributed by atoms with van der Waals surface area (Å²) in [5.74, 6) is -1.81. The number of nitrogens with zero attached hydrogens (tertiary/aromatic N) is 3. The van der Waals surface area contributed by atoms with Crippen molar-refractivity contribution in [1.29, 1.82) is 0 Å². The maximum Gasteiger partial charge on any atom is 0.406 e. The highest BCUT2D eigenvalue weighted by Gasteiger charge is 2.47. The average molecular weight is 483 g/mol. The van der Waals surface area contributed by atoms with Crippen LogP contribution in [0.3, 0.4) is 0 Å². The van der Waals surface area contributed by atoms with E-state index in [2.05, 4.69) is 16.9 Å². The third kappa shape index (κ3) is 5.38. The number of aliphatic imine (C=N–C) groups is 1. The molecule has 0 radical (unpaired) electrons. The summed E-state index contributed by atoms with van der Waals surface area (Å²) in [5, 5.41) is 2.79. The van der Waals surface area contributed by atoms with Gasteiger partial charge in [0, 0.05) is 24.9 Å². The lowest BCUT2D eigenvalue weighted by molar-refractivity contribution is -0.136. The Kier molecular flexibility index (Phi) is 7.29. The minimum absolute atomic E-state index is 0.00744. The number of aryl methyl sites for hydroxylation is 1. The second-order valence-corrected chi connectivity index (χ2v) is 7.89. The summed E-state index contributed by atoms with van der Waals surface area (Å²) in [4.78, 5) is 30.6. The minimum atomic E-state index is -4.62. The van der Waals surface area contributed by atoms with Gasteiger partial charge >= 0.3 is 12.2 Å². The molecule has 2 aliphatic heterocycles. The van der Waals surface area contributed by atoms with Gasteiger partial charge in [0.2, 0.25) is 0 Å². The van der Waals surface area contributed by atoms with Crippen LogP contribution in [0.1, 0.15) is 35.7 Å². The molecule has 1 aromatic rings. The van der Waals surface area contributed by atoms with E-state index in [9.17, 15) is 27.2 Å². The van der Waals surface area contributed by atoms with Crippen molar-refractivity contribution >= 4 is 23.5 Å². The predicted molar refractivity (Wildman–Crippen MR) is 117 cm³/mol. The monoisotopic (exact) mass is 483 g/mol. The zero-order chi connectivity index (χ0) is 25.2. The first-order valence-corrected chi connectivity index (χ1v) is 10.5. The third-order valence-corrected chi connectivity index (χ3v) is 5.45. The van der Waals surface area contributed by atoms with Gasteiger partial charge in [0.1, 0.15) is 18.2 Å². The van der Waals surface area contributed by atoms with E-state index in [1.165, 1.54) is 24.0 Å². The summed E-state index contributed by atoms with van der Waals surface area (Å²) >= 11 is 0. The molecule has 0 unspecified atom stereocenters. The molecule has 8 nitrogen and oxygen atoms in total. The molecule has 0 bridgehead atoms. The Bertz CT molecular complexity index is 1060. The molecular weight excluding hydrogens is 458 g/mol. The van der Waals surface area contributed by atoms with Gasteiger partial charge in [-0.1, -0.05) is 12.7 Å². The fourth-order valence-electron chi connectivity index (χ4n) is 3.88. The van der Waals surface area contributed by atoms with Gasteiger partial charge in [-0.05, 0) is 44.4 Å². The van der Waals surface area contributed by atoms with Gasteiger partial charge in [-0.3, -0.25) is 14.6 Å². The molecule has 12 heteroatoms. The van der Waals surface area contributed by atoms with Crippen LogP contribution in [0.5, 0.6) is 0 Å². The number of carbonyl (C=O) groups excluding carboxylic acids is 2. The molecule has 2 fully saturated rings. The number of nitrogens with one attached hydrogen (secondary N) is 1. The van der Waals surface area contributed by atoms with E-state index < -0.39 is 36.5 Å². The molecule has 2 heterocycles. The van der Waals surface area contributed by atoms with Crippen LogP contribution >= 0.6 is 0 Å². The van der Waals surface area contributed by atoms with Crippen molar-refractivity contribution in [2.45, 2.75) is 38.9 Å². The molecule has 34 heavy (non-hydrogen) atoms. The molecule has 2 aliphatic rings. The second-order valence-electron chi connectivity index (χ2n) is 7.89. The number of anilines is 1. The smallest absolute Gasteiger partial charge is 0.381 e. The van der Waals surface area contributed by atoms with E-state index in [0.717, 1.165) is 6.07 Å². The van der Waals surface area contributed by atoms with E-state index in [4.69, 9.17) is 10.5 Å². The average Bonchev–Trinajstić information content (AvgIpc) is 2.99. The van der Waals surface area contributed by atoms with E-state index in [-0.39, 0.29) is 28.6 Å². The summed E-state index contributed by atoms with van der Waals surface area (Å²) in [6.07, 6.45) is -2.38. The van der Waals surface area contributed by atoms with Gasteiger partial charge in [-0.25, -0.2) is 14.2 Å². The highest BCUT2D eigenvalue weighted by Crippen LogP contribution is 2.32. The molecule has 0 atom stereocenters. The van der Waals surface area contributed by atoms with Crippen LogP contribution in [0.15, 0.2) is 41.3 Å². The quantitative estimate of drug-likeness (QED) is 0.600. The Morgan fingerprint density at radius 1 is 1.35 bits per heavy atom. The summed E-state index contributed by atoms with van der Waals surface area (Å²) in [6, 6.07) is 1.06. The molecular formula is C22H25F4N5O3. The molecule has 0 aromatic heterocycles. The lowest BCUT2D eigenvalue weighted by Crippen LogP contribution is -2.45. The largest absolute Gasteiger partial charge is 0.406 e. The number of carbonyl (C=O) groups is 2. The van der Waals surface area contributed by atoms with E-state index in [1.54, 1.807) is 6.92 Å². The number of hydrogen-bond acceptors (Lipinski definition) is 5. The standard InChI is InChI=1S/C22H25F4N5O3/c1-4-18-20(29-13(3)28-17-10-16(23)15(19(27)32)9-12(17)2)31(14-5-7-34-8-6-14)21(33)30(18)11-22(24,25)26/h4,9-10,14,28H,3,5-8,11H2,1-2H3,(H2,27,32)/b18-4+,29-20+. The molecule has 2 saturated heterocycles. The first kappa shape index (κ1) is 25.2. The van der Waals surface area contributed by atoms with Crippen LogP contribution in [-0.4, -0.2) is 59.6 Å². The number of rotatable bonds is 6. The van der Waals surface area contributed by atoms with Crippen molar-refractivity contribution in [3.63, 3.8) is 0 Å². The summed E-state index contributed by atoms with van der Waals surface area (Å²) in [5.41, 5.74) is 5.55. The van der Waals surface area contributed by atoms with Crippen LogP contribution in [0.4, 0.5) is 28.0 Å². The highest BCUT2D eigenvalue weighted by atomic mass is 19.4. The Balaban J connectivity index is 1.96. The fraction of sp³-hybridized carbons (Fsp3) is 0.409. The van der Waals surface area contributed by atoms with Crippen LogP contribution < -0.4 is 11.1 Å². The first-order valence-electron chi connectivity index (χ1n) is 10.5. The number of hydrogen-bond donors (Lipinski definition) is 2. The molecule has 0 aliphatic carbocycles. The number of nitrogens with two attached hydrogens (primary N) is 1. The van der Waals surface area contributed by atoms with Crippen LogP contribution in [0.25, 0.3) is 0 Å². The summed E-state index contributed by atoms with van der Waals surface area (Å²) in [6.45, 7) is 6.13. The molecule has 0 saturated carbocycles. The van der Waals surface area contributed by atoms with Crippen LogP contribution in [0, 0.1) is 12.7 Å². The number of halogens is 4. The topological polar surface area (TPSA) is 100 Å². The molecule has 3 amide bonds. The number of ether oxygens (including phenoxy) is 1. The number of allylic oxidation sites excluding steroid dienone is 1. The lowest BCUT2D eigenvalue weighted by Gasteiger charge is -2.30. The zero-order valence-electron chi connectivity index (χ0n) is 18.7. The zero-order valence-corrected chi connectivity index (χ0v) is 18.7. The Morgan fingerprint density at radius 3 is 2.56 bits per heavy atom. The third-order valence-electron chi connectivity index (χ3n) is 5.45. The van der Waals surface area contributed by atoms with Crippen molar-refractivity contribution in [1.82, 2.24) is 9.80 Å². The van der Waals surface area contributed by atoms with Crippen molar-refractivity contribution in [3.05, 3.63) is 53.2 Å². The summed E-state index contributed by atoms with van der Waals surface area (Å²) < 4.78 is 59.2. The number of alkyl halides is 3. The maximum absolute atomic E-state index is 14.2. The van der Waals surface area contributed by atoms with Gasteiger partial charge in [-0.2, -0.15) is 13.2 Å². The van der Waals surface area contributed by atoms with Gasteiger partial charge in [0.05, 0.1) is 11.3 Å². The molecule has 3 N–H and O–H groups in total. The van der Waals surface area contributed by atoms with Gasteiger partial charge < -0.3 is 15.8 Å². The number of benzene rings is 1. The van der Waals surface area contributed by atoms with E-state index in [1.807, 2.05) is 0 Å².